The van der Waals surface area contributed by atoms with Crippen LogP contribution in [0.25, 0.3) is 0 Å². The van der Waals surface area contributed by atoms with E-state index in [0.29, 0.717) is 17.9 Å². The van der Waals surface area contributed by atoms with Gasteiger partial charge in [-0.1, -0.05) is 0 Å². The Morgan fingerprint density at radius 1 is 1.19 bits per heavy atom. The fourth-order valence-electron chi connectivity index (χ4n) is 2.61. The molecule has 0 aliphatic carbocycles. The first-order chi connectivity index (χ1) is 14.6. The number of halogens is 1. The number of anilines is 2. The zero-order valence-corrected chi connectivity index (χ0v) is 17.7. The molecule has 166 valence electrons. The number of carbonyl (C=O) groups is 1. The SMILES string of the molecule is COCCOc1cc(N)c(C(=N)/C(N)=C/N(N)c2ccc(C(=O)N(C)C)cc2)cc1F. The van der Waals surface area contributed by atoms with Crippen LogP contribution in [0, 0.1) is 11.2 Å². The van der Waals surface area contributed by atoms with Crippen molar-refractivity contribution in [2.24, 2.45) is 11.6 Å². The molecule has 0 saturated heterocycles. The number of nitrogens with two attached hydrogens (primary N) is 3. The molecule has 0 fully saturated rings. The number of methoxy groups -OCH3 is 1. The topological polar surface area (TPSA) is 144 Å². The highest BCUT2D eigenvalue weighted by Crippen LogP contribution is 2.26. The Balaban J connectivity index is 2.18. The van der Waals surface area contributed by atoms with Crippen LogP contribution in [0.5, 0.6) is 5.75 Å². The summed E-state index contributed by atoms with van der Waals surface area (Å²) in [5.41, 5.74) is 13.0. The van der Waals surface area contributed by atoms with Gasteiger partial charge in [-0.2, -0.15) is 0 Å². The van der Waals surface area contributed by atoms with Gasteiger partial charge in [0.25, 0.3) is 5.91 Å². The summed E-state index contributed by atoms with van der Waals surface area (Å²) >= 11 is 0. The fourth-order valence-corrected chi connectivity index (χ4v) is 2.61. The van der Waals surface area contributed by atoms with Gasteiger partial charge in [0.05, 0.1) is 23.7 Å². The Morgan fingerprint density at radius 2 is 1.84 bits per heavy atom. The largest absolute Gasteiger partial charge is 0.488 e. The lowest BCUT2D eigenvalue weighted by molar-refractivity contribution is 0.0827. The zero-order valence-electron chi connectivity index (χ0n) is 17.7. The molecule has 31 heavy (non-hydrogen) atoms. The van der Waals surface area contributed by atoms with Gasteiger partial charge in [-0.25, -0.2) is 10.2 Å². The smallest absolute Gasteiger partial charge is 0.253 e. The van der Waals surface area contributed by atoms with Crippen molar-refractivity contribution in [1.82, 2.24) is 4.90 Å². The summed E-state index contributed by atoms with van der Waals surface area (Å²) in [6.45, 7) is 0.454. The lowest BCUT2D eigenvalue weighted by Crippen LogP contribution is -2.28. The molecular weight excluding hydrogens is 403 g/mol. The Hall–Kier alpha value is -3.63. The normalized spacial score (nSPS) is 11.2. The Morgan fingerprint density at radius 3 is 2.42 bits per heavy atom. The third kappa shape index (κ3) is 5.93. The van der Waals surface area contributed by atoms with Gasteiger partial charge in [0.1, 0.15) is 6.61 Å². The number of hydrogen-bond acceptors (Lipinski definition) is 8. The second-order valence-corrected chi connectivity index (χ2v) is 6.82. The van der Waals surface area contributed by atoms with Crippen LogP contribution in [-0.4, -0.2) is 50.9 Å². The number of hydrogen-bond donors (Lipinski definition) is 4. The van der Waals surface area contributed by atoms with Crippen molar-refractivity contribution in [3.05, 3.63) is 65.2 Å². The lowest BCUT2D eigenvalue weighted by Gasteiger charge is -2.17. The van der Waals surface area contributed by atoms with E-state index in [2.05, 4.69) is 0 Å². The highest BCUT2D eigenvalue weighted by atomic mass is 19.1. The molecule has 0 bridgehead atoms. The molecule has 2 aromatic rings. The Kier molecular flexibility index (Phi) is 7.94. The van der Waals surface area contributed by atoms with E-state index in [0.717, 1.165) is 6.07 Å². The molecule has 2 aromatic carbocycles. The number of nitrogen functional groups attached to an aromatic ring is 1. The molecule has 0 saturated carbocycles. The molecule has 0 radical (unpaired) electrons. The lowest BCUT2D eigenvalue weighted by atomic mass is 10.1. The van der Waals surface area contributed by atoms with E-state index in [1.54, 1.807) is 38.4 Å². The summed E-state index contributed by atoms with van der Waals surface area (Å²) < 4.78 is 24.4. The van der Waals surface area contributed by atoms with Crippen molar-refractivity contribution in [3.63, 3.8) is 0 Å². The van der Waals surface area contributed by atoms with Crippen LogP contribution >= 0.6 is 0 Å². The predicted molar refractivity (Wildman–Crippen MR) is 118 cm³/mol. The van der Waals surface area contributed by atoms with Gasteiger partial charge in [0.2, 0.25) is 0 Å². The summed E-state index contributed by atoms with van der Waals surface area (Å²) in [5.74, 6) is 5.15. The highest BCUT2D eigenvalue weighted by molar-refractivity contribution is 6.13. The predicted octanol–water partition coefficient (Wildman–Crippen LogP) is 1.68. The minimum Gasteiger partial charge on any atom is -0.488 e. The van der Waals surface area contributed by atoms with E-state index in [-0.39, 0.29) is 40.9 Å². The molecule has 7 N–H and O–H groups in total. The van der Waals surface area contributed by atoms with Crippen LogP contribution in [0.4, 0.5) is 15.8 Å². The summed E-state index contributed by atoms with van der Waals surface area (Å²) in [6, 6.07) is 8.92. The maximum atomic E-state index is 14.3. The maximum Gasteiger partial charge on any atom is 0.253 e. The van der Waals surface area contributed by atoms with Gasteiger partial charge >= 0.3 is 0 Å². The third-order valence-electron chi connectivity index (χ3n) is 4.30. The van der Waals surface area contributed by atoms with Crippen LogP contribution in [0.1, 0.15) is 15.9 Å². The van der Waals surface area contributed by atoms with Crippen molar-refractivity contribution < 1.29 is 18.7 Å². The van der Waals surface area contributed by atoms with Crippen molar-refractivity contribution >= 4 is 23.0 Å². The number of allylic oxidation sites excluding steroid dienone is 1. The Bertz CT molecular complexity index is 976. The maximum absolute atomic E-state index is 14.3. The minimum absolute atomic E-state index is 0.0323. The first-order valence-corrected chi connectivity index (χ1v) is 9.28. The second kappa shape index (κ2) is 10.4. The summed E-state index contributed by atoms with van der Waals surface area (Å²) in [4.78, 5) is 13.4. The summed E-state index contributed by atoms with van der Waals surface area (Å²) in [6.07, 6.45) is 1.31. The molecule has 0 spiro atoms. The van der Waals surface area contributed by atoms with E-state index in [9.17, 15) is 9.18 Å². The Labute approximate surface area is 180 Å². The molecule has 10 heteroatoms. The minimum atomic E-state index is -0.677. The average Bonchev–Trinajstić information content (AvgIpc) is 2.74. The van der Waals surface area contributed by atoms with Crippen LogP contribution in [-0.2, 0) is 4.74 Å². The van der Waals surface area contributed by atoms with E-state index >= 15 is 0 Å². The van der Waals surface area contributed by atoms with E-state index in [4.69, 9.17) is 32.2 Å². The highest BCUT2D eigenvalue weighted by Gasteiger charge is 2.15. The molecular formula is C21H27FN6O3. The first-order valence-electron chi connectivity index (χ1n) is 9.28. The number of hydrazine groups is 1. The van der Waals surface area contributed by atoms with Crippen molar-refractivity contribution in [1.29, 1.82) is 5.41 Å². The molecule has 0 atom stereocenters. The van der Waals surface area contributed by atoms with Crippen LogP contribution in [0.3, 0.4) is 0 Å². The van der Waals surface area contributed by atoms with Crippen LogP contribution in [0.2, 0.25) is 0 Å². The molecule has 0 aromatic heterocycles. The number of rotatable bonds is 9. The molecule has 0 unspecified atom stereocenters. The van der Waals surface area contributed by atoms with E-state index in [1.807, 2.05) is 0 Å². The molecule has 0 aliphatic rings. The van der Waals surface area contributed by atoms with Crippen LogP contribution in [0.15, 0.2) is 48.3 Å². The van der Waals surface area contributed by atoms with Crippen molar-refractivity contribution in [2.45, 2.75) is 0 Å². The fraction of sp³-hybridized carbons (Fsp3) is 0.238. The van der Waals surface area contributed by atoms with Gasteiger partial charge < -0.3 is 25.8 Å². The molecule has 1 amide bonds. The first kappa shape index (κ1) is 23.6. The molecule has 2 rings (SSSR count). The number of nitrogens with zero attached hydrogens (tertiary/aromatic N) is 2. The van der Waals surface area contributed by atoms with Gasteiger partial charge in [-0.3, -0.25) is 15.2 Å². The summed E-state index contributed by atoms with van der Waals surface area (Å²) in [5, 5.41) is 9.47. The average molecular weight is 430 g/mol. The van der Waals surface area contributed by atoms with Gasteiger partial charge in [0.15, 0.2) is 11.6 Å². The van der Waals surface area contributed by atoms with E-state index in [1.165, 1.54) is 29.3 Å². The number of ether oxygens (including phenoxy) is 2. The van der Waals surface area contributed by atoms with Gasteiger partial charge in [-0.05, 0) is 30.3 Å². The standard InChI is InChI=1S/C21H27FN6O3/c1-27(2)21(29)13-4-6-14(7-5-13)28(26)12-18(24)20(25)15-10-16(22)19(11-17(15)23)31-9-8-30-3/h4-7,10-12,25H,8-9,23-24,26H2,1-3H3/b18-12-,25-20?. The molecule has 0 aliphatic heterocycles. The van der Waals surface area contributed by atoms with Crippen molar-refractivity contribution in [3.8, 4) is 5.75 Å². The number of nitrogens with one attached hydrogen (secondary N) is 1. The number of benzene rings is 2. The third-order valence-corrected chi connectivity index (χ3v) is 4.30. The van der Waals surface area contributed by atoms with E-state index < -0.39 is 5.82 Å². The quantitative estimate of drug-likeness (QED) is 0.156. The van der Waals surface area contributed by atoms with Gasteiger partial charge in [0, 0.05) is 50.3 Å². The summed E-state index contributed by atoms with van der Waals surface area (Å²) in [7, 11) is 4.83. The molecule has 0 heterocycles. The van der Waals surface area contributed by atoms with Crippen LogP contribution < -0.4 is 27.1 Å². The second-order valence-electron chi connectivity index (χ2n) is 6.82. The van der Waals surface area contributed by atoms with Gasteiger partial charge in [-0.15, -0.1) is 0 Å². The van der Waals surface area contributed by atoms with Crippen molar-refractivity contribution in [2.75, 3.05) is 45.2 Å². The zero-order chi connectivity index (χ0) is 23.1. The number of amides is 1. The number of carbonyl (C=O) groups excluding carboxylic acids is 1. The monoisotopic (exact) mass is 430 g/mol. The molecule has 9 nitrogen and oxygen atoms in total.